The van der Waals surface area contributed by atoms with E-state index in [0.29, 0.717) is 0 Å². The zero-order chi connectivity index (χ0) is 7.40. The summed E-state index contributed by atoms with van der Waals surface area (Å²) in [4.78, 5) is 4.48. The van der Waals surface area contributed by atoms with Crippen LogP contribution in [-0.4, -0.2) is 35.4 Å². The number of hydrogen-bond acceptors (Lipinski definition) is 2. The van der Waals surface area contributed by atoms with Crippen molar-refractivity contribution < 1.29 is 0 Å². The van der Waals surface area contributed by atoms with Gasteiger partial charge in [-0.3, -0.25) is 0 Å². The third-order valence-electron chi connectivity index (χ3n) is 1.52. The van der Waals surface area contributed by atoms with E-state index in [4.69, 9.17) is 0 Å². The first kappa shape index (κ1) is 11.1. The molecule has 0 aromatic rings. The Hall–Kier alpha value is 0.110. The Morgan fingerprint density at radius 3 is 2.64 bits per heavy atom. The summed E-state index contributed by atoms with van der Waals surface area (Å²) in [7, 11) is 2.09. The van der Waals surface area contributed by atoms with Gasteiger partial charge in [-0.2, -0.15) is 0 Å². The Balaban J connectivity index is 0.000001000. The van der Waals surface area contributed by atoms with E-state index in [-0.39, 0.29) is 12.4 Å². The standard InChI is InChI=1S/C7H13BrN2.ClH/c1-9-5-6-10(7-9)4-2-3-8;/h5-6H,2-4,7H2,1H3;1H. The van der Waals surface area contributed by atoms with Crippen LogP contribution in [0.25, 0.3) is 0 Å². The zero-order valence-corrected chi connectivity index (χ0v) is 9.07. The number of alkyl halides is 1. The highest BCUT2D eigenvalue weighted by molar-refractivity contribution is 9.09. The second kappa shape index (κ2) is 5.72. The summed E-state index contributed by atoms with van der Waals surface area (Å²) in [5.41, 5.74) is 0. The van der Waals surface area contributed by atoms with Gasteiger partial charge in [0, 0.05) is 31.3 Å². The van der Waals surface area contributed by atoms with E-state index in [0.717, 1.165) is 18.5 Å². The maximum atomic E-state index is 3.41. The molecule has 0 saturated heterocycles. The van der Waals surface area contributed by atoms with Crippen molar-refractivity contribution >= 4 is 28.3 Å². The molecule has 2 nitrogen and oxygen atoms in total. The molecule has 66 valence electrons. The summed E-state index contributed by atoms with van der Waals surface area (Å²) in [5.74, 6) is 0. The lowest BCUT2D eigenvalue weighted by Gasteiger charge is -2.16. The normalized spacial score (nSPS) is 15.5. The molecular formula is C7H14BrClN2. The Morgan fingerprint density at radius 2 is 2.18 bits per heavy atom. The minimum absolute atomic E-state index is 0. The summed E-state index contributed by atoms with van der Waals surface area (Å²) >= 11 is 3.41. The second-order valence-electron chi connectivity index (χ2n) is 2.55. The van der Waals surface area contributed by atoms with Gasteiger partial charge in [0.15, 0.2) is 0 Å². The summed E-state index contributed by atoms with van der Waals surface area (Å²) in [6.07, 6.45) is 5.47. The lowest BCUT2D eigenvalue weighted by Crippen LogP contribution is -2.23. The van der Waals surface area contributed by atoms with Gasteiger partial charge < -0.3 is 9.80 Å². The third kappa shape index (κ3) is 3.87. The minimum Gasteiger partial charge on any atom is -0.362 e. The molecule has 0 radical (unpaired) electrons. The molecule has 0 bridgehead atoms. The molecule has 1 aliphatic heterocycles. The fraction of sp³-hybridized carbons (Fsp3) is 0.714. The highest BCUT2D eigenvalue weighted by atomic mass is 79.9. The van der Waals surface area contributed by atoms with Crippen LogP contribution in [0.5, 0.6) is 0 Å². The van der Waals surface area contributed by atoms with Crippen LogP contribution in [0.1, 0.15) is 6.42 Å². The highest BCUT2D eigenvalue weighted by Gasteiger charge is 2.05. The topological polar surface area (TPSA) is 6.48 Å². The second-order valence-corrected chi connectivity index (χ2v) is 3.34. The molecule has 0 spiro atoms. The van der Waals surface area contributed by atoms with Crippen LogP contribution in [-0.2, 0) is 0 Å². The summed E-state index contributed by atoms with van der Waals surface area (Å²) in [5, 5.41) is 1.10. The van der Waals surface area contributed by atoms with E-state index in [1.165, 1.54) is 6.42 Å². The van der Waals surface area contributed by atoms with E-state index < -0.39 is 0 Å². The van der Waals surface area contributed by atoms with Gasteiger partial charge in [0.2, 0.25) is 0 Å². The first-order chi connectivity index (χ1) is 4.83. The quantitative estimate of drug-likeness (QED) is 0.696. The molecule has 11 heavy (non-hydrogen) atoms. The van der Waals surface area contributed by atoms with E-state index >= 15 is 0 Å². The van der Waals surface area contributed by atoms with Gasteiger partial charge in [-0.15, -0.1) is 12.4 Å². The van der Waals surface area contributed by atoms with Gasteiger partial charge in [0.05, 0.1) is 6.67 Å². The molecule has 0 aliphatic carbocycles. The van der Waals surface area contributed by atoms with Crippen molar-refractivity contribution in [3.8, 4) is 0 Å². The predicted molar refractivity (Wildman–Crippen MR) is 54.1 cm³/mol. The fourth-order valence-electron chi connectivity index (χ4n) is 0.997. The number of hydrogen-bond donors (Lipinski definition) is 0. The molecule has 1 aliphatic rings. The first-order valence-corrected chi connectivity index (χ1v) is 4.63. The first-order valence-electron chi connectivity index (χ1n) is 3.51. The van der Waals surface area contributed by atoms with Crippen molar-refractivity contribution in [2.24, 2.45) is 0 Å². The van der Waals surface area contributed by atoms with Crippen LogP contribution in [0, 0.1) is 0 Å². The summed E-state index contributed by atoms with van der Waals surface area (Å²) < 4.78 is 0. The SMILES string of the molecule is CN1C=CN(CCCBr)C1.Cl. The monoisotopic (exact) mass is 240 g/mol. The average molecular weight is 242 g/mol. The molecule has 0 unspecified atom stereocenters. The molecule has 1 rings (SSSR count). The third-order valence-corrected chi connectivity index (χ3v) is 2.08. The summed E-state index contributed by atoms with van der Waals surface area (Å²) in [6, 6.07) is 0. The van der Waals surface area contributed by atoms with Crippen LogP contribution in [0.2, 0.25) is 0 Å². The maximum Gasteiger partial charge on any atom is 0.0890 e. The number of rotatable bonds is 3. The molecule has 0 fully saturated rings. The lowest BCUT2D eigenvalue weighted by atomic mass is 10.4. The van der Waals surface area contributed by atoms with E-state index in [9.17, 15) is 0 Å². The molecule has 0 amide bonds. The van der Waals surface area contributed by atoms with Crippen molar-refractivity contribution in [2.45, 2.75) is 6.42 Å². The van der Waals surface area contributed by atoms with E-state index in [1.807, 2.05) is 0 Å². The maximum absolute atomic E-state index is 3.41. The Labute approximate surface area is 82.8 Å². The number of nitrogens with zero attached hydrogens (tertiary/aromatic N) is 2. The van der Waals surface area contributed by atoms with Crippen molar-refractivity contribution in [2.75, 3.05) is 25.6 Å². The Morgan fingerprint density at radius 1 is 1.45 bits per heavy atom. The largest absolute Gasteiger partial charge is 0.362 e. The van der Waals surface area contributed by atoms with Crippen LogP contribution in [0.15, 0.2) is 12.4 Å². The van der Waals surface area contributed by atoms with Gasteiger partial charge in [-0.25, -0.2) is 0 Å². The van der Waals surface area contributed by atoms with Gasteiger partial charge in [0.25, 0.3) is 0 Å². The molecule has 0 saturated carbocycles. The lowest BCUT2D eigenvalue weighted by molar-refractivity contribution is 0.298. The predicted octanol–water partition coefficient (Wildman–Crippen LogP) is 1.87. The summed E-state index contributed by atoms with van der Waals surface area (Å²) in [6.45, 7) is 2.21. The molecule has 1 heterocycles. The van der Waals surface area contributed by atoms with Crippen molar-refractivity contribution in [3.63, 3.8) is 0 Å². The minimum atomic E-state index is 0. The number of halogens is 2. The van der Waals surface area contributed by atoms with Crippen LogP contribution in [0.3, 0.4) is 0 Å². The van der Waals surface area contributed by atoms with Crippen molar-refractivity contribution in [1.82, 2.24) is 9.80 Å². The smallest absolute Gasteiger partial charge is 0.0890 e. The van der Waals surface area contributed by atoms with Gasteiger partial charge in [0.1, 0.15) is 0 Å². The van der Waals surface area contributed by atoms with Gasteiger partial charge in [-0.1, -0.05) is 15.9 Å². The molecule has 4 heteroatoms. The average Bonchev–Trinajstić information content (AvgIpc) is 2.31. The van der Waals surface area contributed by atoms with Crippen LogP contribution in [0.4, 0.5) is 0 Å². The fourth-order valence-corrected chi connectivity index (χ4v) is 1.25. The zero-order valence-electron chi connectivity index (χ0n) is 6.66. The van der Waals surface area contributed by atoms with Crippen molar-refractivity contribution in [1.29, 1.82) is 0 Å². The van der Waals surface area contributed by atoms with Gasteiger partial charge in [-0.05, 0) is 6.42 Å². The van der Waals surface area contributed by atoms with E-state index in [1.54, 1.807) is 0 Å². The van der Waals surface area contributed by atoms with Gasteiger partial charge >= 0.3 is 0 Å². The van der Waals surface area contributed by atoms with Crippen molar-refractivity contribution in [3.05, 3.63) is 12.4 Å². The molecule has 0 atom stereocenters. The Bertz CT molecular complexity index is 130. The molecule has 0 N–H and O–H groups in total. The molecular weight excluding hydrogens is 227 g/mol. The molecule has 0 aromatic heterocycles. The molecule has 0 aromatic carbocycles. The van der Waals surface area contributed by atoms with E-state index in [2.05, 4.69) is 45.2 Å². The highest BCUT2D eigenvalue weighted by Crippen LogP contribution is 2.04. The van der Waals surface area contributed by atoms with Crippen LogP contribution < -0.4 is 0 Å². The Kier molecular flexibility index (Phi) is 5.78. The van der Waals surface area contributed by atoms with Crippen LogP contribution >= 0.6 is 28.3 Å².